The number of carbonyl (C=O) groups is 2. The zero-order valence-corrected chi connectivity index (χ0v) is 14.8. The minimum absolute atomic E-state index is 0.243. The maximum Gasteiger partial charge on any atom is 0.340 e. The summed E-state index contributed by atoms with van der Waals surface area (Å²) < 4.78 is 5.06. The van der Waals surface area contributed by atoms with Gasteiger partial charge in [-0.25, -0.2) is 9.78 Å². The van der Waals surface area contributed by atoms with Crippen molar-refractivity contribution in [1.82, 2.24) is 4.98 Å². The van der Waals surface area contributed by atoms with Gasteiger partial charge in [0.25, 0.3) is 5.91 Å². The van der Waals surface area contributed by atoms with Gasteiger partial charge >= 0.3 is 5.97 Å². The van der Waals surface area contributed by atoms with Crippen LogP contribution in [0.4, 0.5) is 17.2 Å². The number of anilines is 3. The first-order chi connectivity index (χ1) is 13.2. The summed E-state index contributed by atoms with van der Waals surface area (Å²) in [7, 11) is 0. The van der Waals surface area contributed by atoms with Gasteiger partial charge < -0.3 is 15.4 Å². The highest BCUT2D eigenvalue weighted by Crippen LogP contribution is 2.21. The summed E-state index contributed by atoms with van der Waals surface area (Å²) in [4.78, 5) is 28.6. The molecule has 0 aliphatic carbocycles. The number of carbonyl (C=O) groups excluding carboxylic acids is 2. The second-order valence-corrected chi connectivity index (χ2v) is 5.64. The number of hydrogen-bond donors (Lipinski definition) is 2. The second-order valence-electron chi connectivity index (χ2n) is 5.64. The number of amides is 1. The van der Waals surface area contributed by atoms with E-state index < -0.39 is 5.97 Å². The predicted octanol–water partition coefficient (Wildman–Crippen LogP) is 4.25. The van der Waals surface area contributed by atoms with Gasteiger partial charge in [0.05, 0.1) is 23.4 Å². The number of benzene rings is 2. The summed E-state index contributed by atoms with van der Waals surface area (Å²) in [5.74, 6) is -0.130. The molecule has 136 valence electrons. The smallest absolute Gasteiger partial charge is 0.340 e. The summed E-state index contributed by atoms with van der Waals surface area (Å²) in [5.41, 5.74) is 2.16. The van der Waals surface area contributed by atoms with E-state index in [0.717, 1.165) is 0 Å². The molecule has 3 rings (SSSR count). The van der Waals surface area contributed by atoms with Crippen molar-refractivity contribution in [3.8, 4) is 0 Å². The Morgan fingerprint density at radius 3 is 2.41 bits per heavy atom. The van der Waals surface area contributed by atoms with E-state index in [0.29, 0.717) is 34.9 Å². The molecule has 0 aliphatic heterocycles. The van der Waals surface area contributed by atoms with Gasteiger partial charge in [-0.05, 0) is 43.3 Å². The van der Waals surface area contributed by atoms with Crippen molar-refractivity contribution in [2.75, 3.05) is 17.2 Å². The molecule has 6 nitrogen and oxygen atoms in total. The SMILES string of the molecule is CCOC(=O)c1ccccc1Nc1ccc(C(=O)Nc2ccccc2)cn1. The number of esters is 1. The zero-order chi connectivity index (χ0) is 19.1. The lowest BCUT2D eigenvalue weighted by molar-refractivity contribution is 0.0527. The number of nitrogens with zero attached hydrogens (tertiary/aromatic N) is 1. The molecule has 0 atom stereocenters. The molecule has 0 radical (unpaired) electrons. The van der Waals surface area contributed by atoms with Crippen LogP contribution in [-0.2, 0) is 4.74 Å². The van der Waals surface area contributed by atoms with Crippen molar-refractivity contribution in [2.24, 2.45) is 0 Å². The minimum atomic E-state index is -0.403. The van der Waals surface area contributed by atoms with Gasteiger partial charge in [0, 0.05) is 11.9 Å². The van der Waals surface area contributed by atoms with E-state index in [1.165, 1.54) is 6.20 Å². The van der Waals surface area contributed by atoms with Gasteiger partial charge in [-0.1, -0.05) is 30.3 Å². The molecule has 0 saturated heterocycles. The Balaban J connectivity index is 1.71. The van der Waals surface area contributed by atoms with Crippen molar-refractivity contribution < 1.29 is 14.3 Å². The number of hydrogen-bond acceptors (Lipinski definition) is 5. The Bertz CT molecular complexity index is 925. The van der Waals surface area contributed by atoms with Crippen LogP contribution in [0.5, 0.6) is 0 Å². The molecule has 0 fully saturated rings. The van der Waals surface area contributed by atoms with Crippen LogP contribution in [0.15, 0.2) is 72.9 Å². The maximum absolute atomic E-state index is 12.3. The average Bonchev–Trinajstić information content (AvgIpc) is 2.70. The normalized spacial score (nSPS) is 10.1. The first-order valence-corrected chi connectivity index (χ1v) is 8.53. The van der Waals surface area contributed by atoms with E-state index in [1.807, 2.05) is 36.4 Å². The van der Waals surface area contributed by atoms with Crippen LogP contribution in [0.3, 0.4) is 0 Å². The first-order valence-electron chi connectivity index (χ1n) is 8.53. The molecule has 2 N–H and O–H groups in total. The highest BCUT2D eigenvalue weighted by molar-refractivity contribution is 6.04. The van der Waals surface area contributed by atoms with Crippen molar-refractivity contribution >= 4 is 29.1 Å². The molecule has 0 saturated carbocycles. The Kier molecular flexibility index (Phi) is 5.79. The Morgan fingerprint density at radius 2 is 1.70 bits per heavy atom. The lowest BCUT2D eigenvalue weighted by Crippen LogP contribution is -2.12. The third kappa shape index (κ3) is 4.70. The van der Waals surface area contributed by atoms with E-state index in [9.17, 15) is 9.59 Å². The average molecular weight is 361 g/mol. The monoisotopic (exact) mass is 361 g/mol. The maximum atomic E-state index is 12.3. The fourth-order valence-electron chi connectivity index (χ4n) is 2.44. The number of ether oxygens (including phenoxy) is 1. The molecule has 0 unspecified atom stereocenters. The molecule has 0 bridgehead atoms. The summed E-state index contributed by atoms with van der Waals surface area (Å²) in [6.45, 7) is 2.06. The van der Waals surface area contributed by atoms with Gasteiger partial charge in [-0.15, -0.1) is 0 Å². The van der Waals surface area contributed by atoms with E-state index >= 15 is 0 Å². The standard InChI is InChI=1S/C21H19N3O3/c1-2-27-21(26)17-10-6-7-11-18(17)24-19-13-12-15(14-22-19)20(25)23-16-8-4-3-5-9-16/h3-14H,2H2,1H3,(H,22,24)(H,23,25). The van der Waals surface area contributed by atoms with Crippen molar-refractivity contribution in [1.29, 1.82) is 0 Å². The van der Waals surface area contributed by atoms with Gasteiger partial charge in [-0.3, -0.25) is 4.79 Å². The van der Waals surface area contributed by atoms with E-state index in [-0.39, 0.29) is 5.91 Å². The minimum Gasteiger partial charge on any atom is -0.462 e. The molecule has 0 spiro atoms. The second kappa shape index (κ2) is 8.62. The molecule has 27 heavy (non-hydrogen) atoms. The lowest BCUT2D eigenvalue weighted by atomic mass is 10.1. The van der Waals surface area contributed by atoms with Gasteiger partial charge in [0.2, 0.25) is 0 Å². The van der Waals surface area contributed by atoms with Crippen molar-refractivity contribution in [3.05, 3.63) is 84.1 Å². The van der Waals surface area contributed by atoms with E-state index in [2.05, 4.69) is 15.6 Å². The number of para-hydroxylation sites is 2. The highest BCUT2D eigenvalue weighted by Gasteiger charge is 2.13. The summed E-state index contributed by atoms with van der Waals surface area (Å²) in [6.07, 6.45) is 1.48. The summed E-state index contributed by atoms with van der Waals surface area (Å²) >= 11 is 0. The summed E-state index contributed by atoms with van der Waals surface area (Å²) in [5, 5.41) is 5.89. The molecule has 0 aliphatic rings. The molecule has 3 aromatic rings. The molecule has 6 heteroatoms. The van der Waals surface area contributed by atoms with Crippen molar-refractivity contribution in [3.63, 3.8) is 0 Å². The van der Waals surface area contributed by atoms with Crippen LogP contribution >= 0.6 is 0 Å². The molecule has 1 aromatic heterocycles. The van der Waals surface area contributed by atoms with Gasteiger partial charge in [0.15, 0.2) is 0 Å². The van der Waals surface area contributed by atoms with Crippen LogP contribution in [0.2, 0.25) is 0 Å². The predicted molar refractivity (Wildman–Crippen MR) is 104 cm³/mol. The zero-order valence-electron chi connectivity index (χ0n) is 14.8. The fraction of sp³-hybridized carbons (Fsp3) is 0.0952. The quantitative estimate of drug-likeness (QED) is 0.642. The molecular weight excluding hydrogens is 342 g/mol. The molecule has 2 aromatic carbocycles. The Morgan fingerprint density at radius 1 is 0.963 bits per heavy atom. The van der Waals surface area contributed by atoms with E-state index in [4.69, 9.17) is 4.74 Å². The Labute approximate surface area is 157 Å². The van der Waals surface area contributed by atoms with Crippen LogP contribution in [0.25, 0.3) is 0 Å². The third-order valence-corrected chi connectivity index (χ3v) is 3.74. The lowest BCUT2D eigenvalue weighted by Gasteiger charge is -2.11. The fourth-order valence-corrected chi connectivity index (χ4v) is 2.44. The number of nitrogens with one attached hydrogen (secondary N) is 2. The first kappa shape index (κ1) is 18.1. The third-order valence-electron chi connectivity index (χ3n) is 3.74. The largest absolute Gasteiger partial charge is 0.462 e. The molecule has 1 amide bonds. The Hall–Kier alpha value is -3.67. The van der Waals surface area contributed by atoms with Crippen molar-refractivity contribution in [2.45, 2.75) is 6.92 Å². The number of aromatic nitrogens is 1. The van der Waals surface area contributed by atoms with Gasteiger partial charge in [0.1, 0.15) is 5.82 Å². The summed E-state index contributed by atoms with van der Waals surface area (Å²) in [6, 6.07) is 19.6. The van der Waals surface area contributed by atoms with Crippen LogP contribution < -0.4 is 10.6 Å². The molecule has 1 heterocycles. The number of rotatable bonds is 6. The van der Waals surface area contributed by atoms with E-state index in [1.54, 1.807) is 37.3 Å². The van der Waals surface area contributed by atoms with Crippen LogP contribution in [0, 0.1) is 0 Å². The number of pyridine rings is 1. The topological polar surface area (TPSA) is 80.3 Å². The van der Waals surface area contributed by atoms with Crippen LogP contribution in [-0.4, -0.2) is 23.5 Å². The molecular formula is C21H19N3O3. The van der Waals surface area contributed by atoms with Gasteiger partial charge in [-0.2, -0.15) is 0 Å². The van der Waals surface area contributed by atoms with Crippen LogP contribution in [0.1, 0.15) is 27.6 Å². The highest BCUT2D eigenvalue weighted by atomic mass is 16.5.